The molecule has 0 saturated carbocycles. The molecular formula is C11H11Cl2NO3S. The molecule has 7 heteroatoms. The van der Waals surface area contributed by atoms with Crippen molar-refractivity contribution in [3.8, 4) is 0 Å². The maximum Gasteiger partial charge on any atom is 0.313 e. The first kappa shape index (κ1) is 15.1. The molecule has 0 radical (unpaired) electrons. The van der Waals surface area contributed by atoms with E-state index in [-0.39, 0.29) is 18.1 Å². The van der Waals surface area contributed by atoms with Gasteiger partial charge in [0.1, 0.15) is 0 Å². The topological polar surface area (TPSA) is 66.4 Å². The molecule has 1 aromatic carbocycles. The molecule has 1 amide bonds. The highest BCUT2D eigenvalue weighted by Gasteiger charge is 2.09. The van der Waals surface area contributed by atoms with Crippen LogP contribution in [0, 0.1) is 0 Å². The molecule has 0 aliphatic heterocycles. The third-order valence-corrected chi connectivity index (χ3v) is 3.50. The summed E-state index contributed by atoms with van der Waals surface area (Å²) in [5.41, 5.74) is 0.383. The summed E-state index contributed by atoms with van der Waals surface area (Å²) in [6.07, 6.45) is 0.208. The van der Waals surface area contributed by atoms with Gasteiger partial charge >= 0.3 is 5.97 Å². The second kappa shape index (κ2) is 7.51. The van der Waals surface area contributed by atoms with Crippen LogP contribution in [0.1, 0.15) is 6.42 Å². The number of thioether (sulfide) groups is 1. The van der Waals surface area contributed by atoms with Crippen LogP contribution in [0.15, 0.2) is 18.2 Å². The molecule has 0 atom stereocenters. The first-order valence-electron chi connectivity index (χ1n) is 5.04. The largest absolute Gasteiger partial charge is 0.481 e. The number of carbonyl (C=O) groups excluding carboxylic acids is 1. The standard InChI is InChI=1S/C11H11Cl2NO3S/c12-7-2-1-3-8(13)11(7)14-9(15)4-5-18-6-10(16)17/h1-3H,4-6H2,(H,14,15)(H,16,17). The van der Waals surface area contributed by atoms with E-state index < -0.39 is 5.97 Å². The van der Waals surface area contributed by atoms with Crippen molar-refractivity contribution in [2.24, 2.45) is 0 Å². The van der Waals surface area contributed by atoms with Crippen LogP contribution >= 0.6 is 35.0 Å². The van der Waals surface area contributed by atoms with Gasteiger partial charge in [0.25, 0.3) is 0 Å². The van der Waals surface area contributed by atoms with Gasteiger partial charge in [0.2, 0.25) is 5.91 Å². The van der Waals surface area contributed by atoms with E-state index in [0.29, 0.717) is 21.5 Å². The smallest absolute Gasteiger partial charge is 0.313 e. The molecule has 98 valence electrons. The molecule has 0 unspecified atom stereocenters. The summed E-state index contributed by atoms with van der Waals surface area (Å²) in [7, 11) is 0. The van der Waals surface area contributed by atoms with Crippen LogP contribution in [0.2, 0.25) is 10.0 Å². The van der Waals surface area contributed by atoms with Crippen LogP contribution in [-0.4, -0.2) is 28.5 Å². The number of carbonyl (C=O) groups is 2. The average molecular weight is 308 g/mol. The van der Waals surface area contributed by atoms with Gasteiger partial charge in [0, 0.05) is 12.2 Å². The van der Waals surface area contributed by atoms with E-state index in [1.807, 2.05) is 0 Å². The summed E-state index contributed by atoms with van der Waals surface area (Å²) >= 11 is 13.0. The molecular weight excluding hydrogens is 297 g/mol. The van der Waals surface area contributed by atoms with Crippen molar-refractivity contribution in [3.05, 3.63) is 28.2 Å². The van der Waals surface area contributed by atoms with E-state index in [1.54, 1.807) is 18.2 Å². The van der Waals surface area contributed by atoms with Crippen LogP contribution in [0.25, 0.3) is 0 Å². The molecule has 0 fully saturated rings. The number of carboxylic acids is 1. The number of rotatable bonds is 6. The number of hydrogen-bond donors (Lipinski definition) is 2. The number of halogens is 2. The summed E-state index contributed by atoms with van der Waals surface area (Å²) in [5.74, 6) is -0.724. The van der Waals surface area contributed by atoms with Crippen molar-refractivity contribution in [1.29, 1.82) is 0 Å². The van der Waals surface area contributed by atoms with Crippen LogP contribution in [0.5, 0.6) is 0 Å². The van der Waals surface area contributed by atoms with Crippen LogP contribution in [-0.2, 0) is 9.59 Å². The highest BCUT2D eigenvalue weighted by molar-refractivity contribution is 7.99. The van der Waals surface area contributed by atoms with Gasteiger partial charge in [0.15, 0.2) is 0 Å². The fourth-order valence-electron chi connectivity index (χ4n) is 1.14. The van der Waals surface area contributed by atoms with Crippen molar-refractivity contribution in [2.75, 3.05) is 16.8 Å². The number of anilines is 1. The Morgan fingerprint density at radius 3 is 2.44 bits per heavy atom. The summed E-state index contributed by atoms with van der Waals surface area (Å²) in [4.78, 5) is 21.8. The highest BCUT2D eigenvalue weighted by atomic mass is 35.5. The maximum absolute atomic E-state index is 11.6. The predicted octanol–water partition coefficient (Wildman–Crippen LogP) is 3.14. The fourth-order valence-corrected chi connectivity index (χ4v) is 2.28. The predicted molar refractivity (Wildman–Crippen MR) is 74.7 cm³/mol. The monoisotopic (exact) mass is 307 g/mol. The van der Waals surface area contributed by atoms with Gasteiger partial charge in [-0.2, -0.15) is 0 Å². The molecule has 0 spiro atoms. The molecule has 0 aromatic heterocycles. The van der Waals surface area contributed by atoms with Crippen LogP contribution in [0.3, 0.4) is 0 Å². The molecule has 1 aromatic rings. The SMILES string of the molecule is O=C(O)CSCCC(=O)Nc1c(Cl)cccc1Cl. The zero-order valence-corrected chi connectivity index (χ0v) is 11.6. The van der Waals surface area contributed by atoms with Crippen molar-refractivity contribution in [1.82, 2.24) is 0 Å². The zero-order valence-electron chi connectivity index (χ0n) is 9.28. The van der Waals surface area contributed by atoms with E-state index in [0.717, 1.165) is 0 Å². The first-order valence-corrected chi connectivity index (χ1v) is 6.95. The fraction of sp³-hybridized carbons (Fsp3) is 0.273. The van der Waals surface area contributed by atoms with Crippen molar-refractivity contribution < 1.29 is 14.7 Å². The molecule has 0 heterocycles. The van der Waals surface area contributed by atoms with Crippen molar-refractivity contribution in [3.63, 3.8) is 0 Å². The molecule has 0 aliphatic carbocycles. The molecule has 2 N–H and O–H groups in total. The van der Waals surface area contributed by atoms with Gasteiger partial charge in [-0.15, -0.1) is 11.8 Å². The van der Waals surface area contributed by atoms with Crippen LogP contribution < -0.4 is 5.32 Å². The number of benzene rings is 1. The summed E-state index contributed by atoms with van der Waals surface area (Å²) in [6.45, 7) is 0. The Morgan fingerprint density at radius 2 is 1.89 bits per heavy atom. The second-order valence-electron chi connectivity index (χ2n) is 3.34. The van der Waals surface area contributed by atoms with E-state index in [4.69, 9.17) is 28.3 Å². The summed E-state index contributed by atoms with van der Waals surface area (Å²) in [6, 6.07) is 4.94. The Bertz CT molecular complexity index is 434. The minimum Gasteiger partial charge on any atom is -0.481 e. The lowest BCUT2D eigenvalue weighted by Gasteiger charge is -2.08. The van der Waals surface area contributed by atoms with Gasteiger partial charge in [0.05, 0.1) is 21.5 Å². The Hall–Kier alpha value is -0.910. The average Bonchev–Trinajstić information content (AvgIpc) is 2.29. The Labute approximate surface area is 119 Å². The van der Waals surface area contributed by atoms with Crippen molar-refractivity contribution >= 4 is 52.5 Å². The molecule has 1 rings (SSSR count). The van der Waals surface area contributed by atoms with Gasteiger partial charge in [-0.1, -0.05) is 29.3 Å². The lowest BCUT2D eigenvalue weighted by Crippen LogP contribution is -2.13. The summed E-state index contributed by atoms with van der Waals surface area (Å²) in [5, 5.41) is 11.8. The third kappa shape index (κ3) is 5.16. The molecule has 18 heavy (non-hydrogen) atoms. The Kier molecular flexibility index (Phi) is 6.32. The Balaban J connectivity index is 2.43. The van der Waals surface area contributed by atoms with E-state index >= 15 is 0 Å². The normalized spacial score (nSPS) is 10.1. The minimum absolute atomic E-state index is 0.0138. The molecule has 0 aliphatic rings. The third-order valence-electron chi connectivity index (χ3n) is 1.93. The lowest BCUT2D eigenvalue weighted by atomic mass is 10.3. The van der Waals surface area contributed by atoms with Gasteiger partial charge in [-0.25, -0.2) is 0 Å². The quantitative estimate of drug-likeness (QED) is 0.792. The van der Waals surface area contributed by atoms with Gasteiger partial charge in [-0.05, 0) is 12.1 Å². The second-order valence-corrected chi connectivity index (χ2v) is 5.26. The van der Waals surface area contributed by atoms with E-state index in [2.05, 4.69) is 5.32 Å². The Morgan fingerprint density at radius 1 is 1.28 bits per heavy atom. The maximum atomic E-state index is 11.6. The molecule has 4 nitrogen and oxygen atoms in total. The minimum atomic E-state index is -0.894. The zero-order chi connectivity index (χ0) is 13.5. The van der Waals surface area contributed by atoms with Gasteiger partial charge in [-0.3, -0.25) is 9.59 Å². The number of amides is 1. The number of carboxylic acid groups (broad SMARTS) is 1. The number of nitrogens with one attached hydrogen (secondary N) is 1. The highest BCUT2D eigenvalue weighted by Crippen LogP contribution is 2.29. The number of aliphatic carboxylic acids is 1. The molecule has 0 saturated heterocycles. The van der Waals surface area contributed by atoms with Crippen LogP contribution in [0.4, 0.5) is 5.69 Å². The first-order chi connectivity index (χ1) is 8.50. The molecule has 0 bridgehead atoms. The lowest BCUT2D eigenvalue weighted by molar-refractivity contribution is -0.134. The van der Waals surface area contributed by atoms with E-state index in [9.17, 15) is 9.59 Å². The number of para-hydroxylation sites is 1. The summed E-state index contributed by atoms with van der Waals surface area (Å²) < 4.78 is 0. The van der Waals surface area contributed by atoms with E-state index in [1.165, 1.54) is 11.8 Å². The van der Waals surface area contributed by atoms with Gasteiger partial charge < -0.3 is 10.4 Å². The van der Waals surface area contributed by atoms with Crippen molar-refractivity contribution in [2.45, 2.75) is 6.42 Å². The number of hydrogen-bond acceptors (Lipinski definition) is 3.